The minimum Gasteiger partial charge on any atom is -0.340 e. The lowest BCUT2D eigenvalue weighted by Gasteiger charge is -2.36. The van der Waals surface area contributed by atoms with Gasteiger partial charge in [0.1, 0.15) is 0 Å². The molecule has 1 heterocycles. The van der Waals surface area contributed by atoms with Gasteiger partial charge in [0, 0.05) is 43.2 Å². The molecule has 1 amide bonds. The van der Waals surface area contributed by atoms with Crippen molar-refractivity contribution in [1.29, 1.82) is 0 Å². The molecule has 1 N–H and O–H groups in total. The van der Waals surface area contributed by atoms with Crippen LogP contribution in [0.5, 0.6) is 0 Å². The maximum absolute atomic E-state index is 12.4. The summed E-state index contributed by atoms with van der Waals surface area (Å²) in [5.74, 6) is 0.173. The third kappa shape index (κ3) is 5.54. The van der Waals surface area contributed by atoms with Crippen molar-refractivity contribution in [3.05, 3.63) is 34.3 Å². The van der Waals surface area contributed by atoms with E-state index >= 15 is 0 Å². The molecule has 4 nitrogen and oxygen atoms in total. The molecule has 0 aliphatic carbocycles. The van der Waals surface area contributed by atoms with Gasteiger partial charge in [0.05, 0.1) is 6.54 Å². The van der Waals surface area contributed by atoms with Crippen LogP contribution in [0.1, 0.15) is 19.4 Å². The Labute approximate surface area is 147 Å². The van der Waals surface area contributed by atoms with Crippen LogP contribution in [0, 0.1) is 0 Å². The lowest BCUT2D eigenvalue weighted by molar-refractivity contribution is -0.132. The largest absolute Gasteiger partial charge is 0.340 e. The van der Waals surface area contributed by atoms with Crippen molar-refractivity contribution in [3.63, 3.8) is 0 Å². The predicted molar refractivity (Wildman–Crippen MR) is 96.4 cm³/mol. The smallest absolute Gasteiger partial charge is 0.236 e. The molecule has 1 aromatic carbocycles. The van der Waals surface area contributed by atoms with E-state index in [9.17, 15) is 4.79 Å². The van der Waals surface area contributed by atoms with Gasteiger partial charge in [-0.1, -0.05) is 34.1 Å². The number of hydrogen-bond donors (Lipinski definition) is 1. The molecule has 0 aromatic heterocycles. The number of carbonyl (C=O) groups is 1. The number of nitrogens with zero attached hydrogens (tertiary/aromatic N) is 2. The van der Waals surface area contributed by atoms with E-state index in [1.807, 2.05) is 31.3 Å². The van der Waals surface area contributed by atoms with Gasteiger partial charge in [-0.05, 0) is 25.5 Å². The van der Waals surface area contributed by atoms with Crippen LogP contribution in [0.25, 0.3) is 0 Å². The summed E-state index contributed by atoms with van der Waals surface area (Å²) in [6.07, 6.45) is 0. The Morgan fingerprint density at radius 3 is 2.50 bits per heavy atom. The average molecular weight is 391 g/mol. The predicted octanol–water partition coefficient (Wildman–Crippen LogP) is 2.51. The maximum atomic E-state index is 12.4. The molecule has 0 radical (unpaired) electrons. The fourth-order valence-corrected chi connectivity index (χ4v) is 3.26. The van der Waals surface area contributed by atoms with Gasteiger partial charge in [-0.25, -0.2) is 0 Å². The number of rotatable bonds is 4. The number of carbonyl (C=O) groups excluding carboxylic acids is 1. The lowest BCUT2D eigenvalue weighted by Crippen LogP contribution is -2.56. The van der Waals surface area contributed by atoms with Gasteiger partial charge >= 0.3 is 0 Å². The molecule has 2 atom stereocenters. The van der Waals surface area contributed by atoms with E-state index < -0.39 is 0 Å². The van der Waals surface area contributed by atoms with E-state index in [0.717, 1.165) is 23.1 Å². The molecule has 0 saturated carbocycles. The fraction of sp³-hybridized carbons (Fsp3) is 0.562. The van der Waals surface area contributed by atoms with Crippen LogP contribution in [-0.4, -0.2) is 54.5 Å². The van der Waals surface area contributed by atoms with E-state index in [0.29, 0.717) is 25.2 Å². The van der Waals surface area contributed by atoms with Gasteiger partial charge in [0.15, 0.2) is 0 Å². The summed E-state index contributed by atoms with van der Waals surface area (Å²) in [7, 11) is 1.87. The molecule has 0 spiro atoms. The van der Waals surface area contributed by atoms with E-state index in [1.165, 1.54) is 0 Å². The molecule has 22 heavy (non-hydrogen) atoms. The van der Waals surface area contributed by atoms with Crippen LogP contribution in [0.15, 0.2) is 28.7 Å². The van der Waals surface area contributed by atoms with Crippen LogP contribution in [0.4, 0.5) is 0 Å². The first kappa shape index (κ1) is 19.4. The molecule has 1 fully saturated rings. The zero-order valence-electron chi connectivity index (χ0n) is 13.4. The molecule has 1 aliphatic heterocycles. The summed E-state index contributed by atoms with van der Waals surface area (Å²) in [5.41, 5.74) is 1.13. The number of hydrogen-bond acceptors (Lipinski definition) is 3. The second-order valence-electron chi connectivity index (χ2n) is 6.00. The number of nitrogens with one attached hydrogen (secondary N) is 1. The lowest BCUT2D eigenvalue weighted by atomic mass is 10.1. The minimum atomic E-state index is 0. The van der Waals surface area contributed by atoms with Gasteiger partial charge in [-0.3, -0.25) is 9.69 Å². The summed E-state index contributed by atoms with van der Waals surface area (Å²) in [4.78, 5) is 16.4. The number of benzene rings is 1. The highest BCUT2D eigenvalue weighted by atomic mass is 79.9. The third-order valence-corrected chi connectivity index (χ3v) is 4.56. The van der Waals surface area contributed by atoms with Crippen molar-refractivity contribution in [2.75, 3.05) is 26.7 Å². The van der Waals surface area contributed by atoms with E-state index in [1.54, 1.807) is 4.90 Å². The third-order valence-electron chi connectivity index (χ3n) is 3.78. The SMILES string of the molecule is CC1CN(CC(=O)N(C)Cc2ccccc2Br)CC(C)N1.Cl. The summed E-state index contributed by atoms with van der Waals surface area (Å²) in [6.45, 7) is 7.32. The highest BCUT2D eigenvalue weighted by Gasteiger charge is 2.23. The van der Waals surface area contributed by atoms with Crippen molar-refractivity contribution >= 4 is 34.2 Å². The van der Waals surface area contributed by atoms with Gasteiger partial charge in [-0.15, -0.1) is 12.4 Å². The van der Waals surface area contributed by atoms with Gasteiger partial charge in [-0.2, -0.15) is 0 Å². The standard InChI is InChI=1S/C16H24BrN3O.ClH/c1-12-8-20(9-13(2)18-12)11-16(21)19(3)10-14-6-4-5-7-15(14)17;/h4-7,12-13,18H,8-11H2,1-3H3;1H. The maximum Gasteiger partial charge on any atom is 0.236 e. The van der Waals surface area contributed by atoms with Crippen LogP contribution in [0.2, 0.25) is 0 Å². The summed E-state index contributed by atoms with van der Waals surface area (Å²) in [5, 5.41) is 3.49. The second kappa shape index (κ2) is 8.87. The van der Waals surface area contributed by atoms with Crippen molar-refractivity contribution in [2.24, 2.45) is 0 Å². The Balaban J connectivity index is 0.00000242. The molecule has 124 valence electrons. The van der Waals surface area contributed by atoms with Crippen LogP contribution in [0.3, 0.4) is 0 Å². The number of amides is 1. The normalized spacial score (nSPS) is 22.0. The molecule has 2 rings (SSSR count). The Kier molecular flexibility index (Phi) is 7.83. The molecular formula is C16H25BrClN3O. The zero-order valence-corrected chi connectivity index (χ0v) is 15.8. The molecule has 6 heteroatoms. The van der Waals surface area contributed by atoms with E-state index in [2.05, 4.69) is 40.0 Å². The molecule has 1 saturated heterocycles. The average Bonchev–Trinajstić information content (AvgIpc) is 2.40. The molecule has 2 unspecified atom stereocenters. The molecule has 0 bridgehead atoms. The van der Waals surface area contributed by atoms with Gasteiger partial charge in [0.25, 0.3) is 0 Å². The van der Waals surface area contributed by atoms with Crippen molar-refractivity contribution in [2.45, 2.75) is 32.5 Å². The van der Waals surface area contributed by atoms with Crippen LogP contribution < -0.4 is 5.32 Å². The first-order chi connectivity index (χ1) is 9.95. The van der Waals surface area contributed by atoms with Crippen LogP contribution in [-0.2, 0) is 11.3 Å². The number of likely N-dealkylation sites (N-methyl/N-ethyl adjacent to an activating group) is 1. The van der Waals surface area contributed by atoms with Crippen LogP contribution >= 0.6 is 28.3 Å². The number of halogens is 2. The van der Waals surface area contributed by atoms with Crippen molar-refractivity contribution in [3.8, 4) is 0 Å². The Bertz CT molecular complexity index is 490. The molecular weight excluding hydrogens is 366 g/mol. The summed E-state index contributed by atoms with van der Waals surface area (Å²) < 4.78 is 1.05. The molecule has 1 aliphatic rings. The fourth-order valence-electron chi connectivity index (χ4n) is 2.85. The first-order valence-electron chi connectivity index (χ1n) is 7.41. The van der Waals surface area contributed by atoms with Gasteiger partial charge < -0.3 is 10.2 Å². The summed E-state index contributed by atoms with van der Waals surface area (Å²) in [6, 6.07) is 8.91. The monoisotopic (exact) mass is 389 g/mol. The van der Waals surface area contributed by atoms with E-state index in [4.69, 9.17) is 0 Å². The Hall–Kier alpha value is -0.620. The van der Waals surface area contributed by atoms with E-state index in [-0.39, 0.29) is 18.3 Å². The van der Waals surface area contributed by atoms with Gasteiger partial charge in [0.2, 0.25) is 5.91 Å². The number of piperazine rings is 1. The Morgan fingerprint density at radius 1 is 1.32 bits per heavy atom. The topological polar surface area (TPSA) is 35.6 Å². The second-order valence-corrected chi connectivity index (χ2v) is 6.86. The zero-order chi connectivity index (χ0) is 15.4. The first-order valence-corrected chi connectivity index (χ1v) is 8.20. The van der Waals surface area contributed by atoms with Crippen molar-refractivity contribution in [1.82, 2.24) is 15.1 Å². The quantitative estimate of drug-likeness (QED) is 0.858. The Morgan fingerprint density at radius 2 is 1.91 bits per heavy atom. The highest BCUT2D eigenvalue weighted by Crippen LogP contribution is 2.17. The minimum absolute atomic E-state index is 0. The highest BCUT2D eigenvalue weighted by molar-refractivity contribution is 9.10. The summed E-state index contributed by atoms with van der Waals surface area (Å²) >= 11 is 3.53. The molecule has 1 aromatic rings. The van der Waals surface area contributed by atoms with Crippen molar-refractivity contribution < 1.29 is 4.79 Å².